The minimum atomic E-state index is -4.64. The molecule has 5 unspecified atom stereocenters. The smallest absolute Gasteiger partial charge is 0.462 e. The second-order valence-corrected chi connectivity index (χ2v) is 21.8. The summed E-state index contributed by atoms with van der Waals surface area (Å²) in [6.45, 7) is 9.84. The van der Waals surface area contributed by atoms with E-state index in [0.717, 1.165) is 88.0 Å². The summed E-state index contributed by atoms with van der Waals surface area (Å²) < 4.78 is 35.8. The number of ether oxygens (including phenoxy) is 2. The molecule has 0 saturated carbocycles. The summed E-state index contributed by atoms with van der Waals surface area (Å²) in [7, 11) is -4.64. The van der Waals surface area contributed by atoms with Crippen LogP contribution in [0.15, 0.2) is 24.4 Å². The highest BCUT2D eigenvalue weighted by Gasteiger charge is 2.28. The quantitative estimate of drug-likeness (QED) is 0.0242. The standard InChI is InChI=1S/C56H98ClN4O10P/c1-6-10-13-16-18-20-21-22-23-26-29-35-51(62)60-47(43-68-39-37-48(32-28-25-15-12-8-3)71-53(64)36-30-27-24-19-17-14-11-7-2)44-70-72(66,67)69-40-38-58-56(65)55(45(5)9-4)61-52(63)41-46-42-59-50-34-31-33-49(57)54(46)50/h31,33-34,42,45,47-48,55,59H,6-30,32,35-41,43-44H2,1-5H3,(H,58,65)(H,60,62)(H,61,63)(H,66,67). The Morgan fingerprint density at radius 1 is 0.681 bits per heavy atom. The predicted molar refractivity (Wildman–Crippen MR) is 292 cm³/mol. The first kappa shape index (κ1) is 65.1. The van der Waals surface area contributed by atoms with Gasteiger partial charge >= 0.3 is 13.8 Å². The summed E-state index contributed by atoms with van der Waals surface area (Å²) in [6.07, 6.45) is 31.5. The van der Waals surface area contributed by atoms with Crippen molar-refractivity contribution in [2.24, 2.45) is 5.92 Å². The first-order chi connectivity index (χ1) is 34.8. The van der Waals surface area contributed by atoms with Crippen LogP contribution in [0.5, 0.6) is 0 Å². The van der Waals surface area contributed by atoms with Gasteiger partial charge in [0, 0.05) is 42.9 Å². The topological polar surface area (TPSA) is 194 Å². The molecule has 414 valence electrons. The minimum Gasteiger partial charge on any atom is -0.462 e. The second kappa shape index (κ2) is 41.3. The van der Waals surface area contributed by atoms with Crippen molar-refractivity contribution in [3.05, 3.63) is 35.0 Å². The van der Waals surface area contributed by atoms with Gasteiger partial charge < -0.3 is 35.3 Å². The van der Waals surface area contributed by atoms with Gasteiger partial charge in [-0.3, -0.25) is 28.2 Å². The van der Waals surface area contributed by atoms with E-state index in [0.29, 0.717) is 36.3 Å². The van der Waals surface area contributed by atoms with E-state index in [9.17, 15) is 28.6 Å². The number of carbonyl (C=O) groups excluding carboxylic acids is 4. The van der Waals surface area contributed by atoms with Crippen LogP contribution in [0.3, 0.4) is 0 Å². The monoisotopic (exact) mass is 1050 g/mol. The van der Waals surface area contributed by atoms with Crippen molar-refractivity contribution in [1.82, 2.24) is 20.9 Å². The third-order valence-corrected chi connectivity index (χ3v) is 14.7. The number of carbonyl (C=O) groups is 4. The molecule has 2 aromatic rings. The Kier molecular flexibility index (Phi) is 37.3. The van der Waals surface area contributed by atoms with E-state index >= 15 is 0 Å². The number of phosphoric ester groups is 1. The maximum Gasteiger partial charge on any atom is 0.472 e. The zero-order valence-corrected chi connectivity index (χ0v) is 47.0. The number of halogens is 1. The zero-order chi connectivity index (χ0) is 52.7. The summed E-state index contributed by atoms with van der Waals surface area (Å²) in [4.78, 5) is 66.4. The maximum atomic E-state index is 13.3. The first-order valence-electron chi connectivity index (χ1n) is 28.3. The molecule has 0 saturated heterocycles. The number of H-pyrrole nitrogens is 1. The molecular weight excluding hydrogens is 955 g/mol. The van der Waals surface area contributed by atoms with Gasteiger partial charge in [-0.2, -0.15) is 0 Å². The Morgan fingerprint density at radius 3 is 1.85 bits per heavy atom. The number of phosphoric acid groups is 1. The first-order valence-corrected chi connectivity index (χ1v) is 30.2. The molecule has 2 rings (SSSR count). The Balaban J connectivity index is 1.94. The number of rotatable bonds is 47. The second-order valence-electron chi connectivity index (χ2n) is 19.9. The van der Waals surface area contributed by atoms with E-state index in [1.807, 2.05) is 26.0 Å². The van der Waals surface area contributed by atoms with E-state index in [-0.39, 0.29) is 69.2 Å². The predicted octanol–water partition coefficient (Wildman–Crippen LogP) is 13.5. The molecule has 3 amide bonds. The number of aromatic nitrogens is 1. The Bertz CT molecular complexity index is 1800. The van der Waals surface area contributed by atoms with Crippen LogP contribution in [0.4, 0.5) is 0 Å². The molecule has 0 aliphatic heterocycles. The van der Waals surface area contributed by atoms with Crippen LogP contribution in [-0.2, 0) is 48.7 Å². The van der Waals surface area contributed by atoms with Crippen LogP contribution in [0, 0.1) is 5.92 Å². The molecule has 0 aliphatic carbocycles. The molecule has 16 heteroatoms. The van der Waals surface area contributed by atoms with Crippen LogP contribution in [0.1, 0.15) is 226 Å². The number of nitrogens with one attached hydrogen (secondary N) is 4. The van der Waals surface area contributed by atoms with Gasteiger partial charge in [-0.25, -0.2) is 4.57 Å². The van der Waals surface area contributed by atoms with E-state index in [4.69, 9.17) is 30.1 Å². The van der Waals surface area contributed by atoms with Crippen molar-refractivity contribution >= 4 is 54.0 Å². The number of fused-ring (bicyclic) bond motifs is 1. The lowest BCUT2D eigenvalue weighted by Crippen LogP contribution is -2.51. The average Bonchev–Trinajstić information content (AvgIpc) is 3.77. The number of unbranched alkanes of at least 4 members (excludes halogenated alkanes) is 21. The number of esters is 1. The van der Waals surface area contributed by atoms with Crippen LogP contribution in [0.25, 0.3) is 10.9 Å². The Morgan fingerprint density at radius 2 is 1.25 bits per heavy atom. The van der Waals surface area contributed by atoms with E-state index in [2.05, 4.69) is 41.7 Å². The molecular formula is C56H98ClN4O10P. The van der Waals surface area contributed by atoms with Gasteiger partial charge in [0.2, 0.25) is 17.7 Å². The fraction of sp³-hybridized carbons (Fsp3) is 0.786. The van der Waals surface area contributed by atoms with Gasteiger partial charge in [0.25, 0.3) is 0 Å². The summed E-state index contributed by atoms with van der Waals surface area (Å²) in [6, 6.07) is 3.83. The SMILES string of the molecule is CCCCCCCCCCCCCC(=O)NC(COCCC(CCCCCCC)OC(=O)CCCCCCCCCC)COP(=O)(O)OCCNC(=O)C(NC(=O)Cc1c[nH]c2cccc(Cl)c12)C(C)CC. The number of aromatic amines is 1. The van der Waals surface area contributed by atoms with E-state index in [1.54, 1.807) is 12.3 Å². The number of benzene rings is 1. The third-order valence-electron chi connectivity index (χ3n) is 13.4. The summed E-state index contributed by atoms with van der Waals surface area (Å²) in [5.74, 6) is -1.40. The molecule has 14 nitrogen and oxygen atoms in total. The largest absolute Gasteiger partial charge is 0.472 e. The summed E-state index contributed by atoms with van der Waals surface area (Å²) >= 11 is 6.41. The minimum absolute atomic E-state index is 0.00550. The third kappa shape index (κ3) is 31.0. The number of amides is 3. The summed E-state index contributed by atoms with van der Waals surface area (Å²) in [5.41, 5.74) is 1.52. The van der Waals surface area contributed by atoms with Gasteiger partial charge in [0.05, 0.1) is 43.9 Å². The molecule has 1 heterocycles. The van der Waals surface area contributed by atoms with Gasteiger partial charge in [-0.1, -0.05) is 194 Å². The van der Waals surface area contributed by atoms with Crippen molar-refractivity contribution in [1.29, 1.82) is 0 Å². The molecule has 0 fully saturated rings. The lowest BCUT2D eigenvalue weighted by Gasteiger charge is -2.24. The van der Waals surface area contributed by atoms with Crippen molar-refractivity contribution in [3.8, 4) is 0 Å². The summed E-state index contributed by atoms with van der Waals surface area (Å²) in [5, 5.41) is 9.77. The number of hydrogen-bond acceptors (Lipinski definition) is 9. The molecule has 5 N–H and O–H groups in total. The van der Waals surface area contributed by atoms with Gasteiger partial charge in [-0.05, 0) is 49.3 Å². The van der Waals surface area contributed by atoms with Gasteiger partial charge in [0.1, 0.15) is 12.1 Å². The van der Waals surface area contributed by atoms with Crippen LogP contribution in [0.2, 0.25) is 5.02 Å². The molecule has 1 aromatic carbocycles. The lowest BCUT2D eigenvalue weighted by atomic mass is 9.98. The van der Waals surface area contributed by atoms with Gasteiger partial charge in [0.15, 0.2) is 0 Å². The molecule has 5 atom stereocenters. The molecule has 1 aromatic heterocycles. The fourth-order valence-corrected chi connectivity index (χ4v) is 9.88. The van der Waals surface area contributed by atoms with E-state index in [1.165, 1.54) is 83.5 Å². The van der Waals surface area contributed by atoms with Crippen molar-refractivity contribution in [2.45, 2.75) is 245 Å². The normalized spacial score (nSPS) is 14.1. The Hall–Kier alpha value is -3.00. The fourth-order valence-electron chi connectivity index (χ4n) is 8.82. The van der Waals surface area contributed by atoms with Crippen LogP contribution in [-0.4, -0.2) is 84.7 Å². The van der Waals surface area contributed by atoms with Crippen molar-refractivity contribution in [2.75, 3.05) is 33.0 Å². The Labute approximate surface area is 439 Å². The van der Waals surface area contributed by atoms with Gasteiger partial charge in [-0.15, -0.1) is 0 Å². The van der Waals surface area contributed by atoms with Crippen LogP contribution < -0.4 is 16.0 Å². The van der Waals surface area contributed by atoms with Crippen molar-refractivity contribution in [3.63, 3.8) is 0 Å². The van der Waals surface area contributed by atoms with Crippen molar-refractivity contribution < 1.29 is 47.2 Å². The number of hydrogen-bond donors (Lipinski definition) is 5. The highest BCUT2D eigenvalue weighted by molar-refractivity contribution is 7.47. The highest BCUT2D eigenvalue weighted by atomic mass is 35.5. The molecule has 0 bridgehead atoms. The van der Waals surface area contributed by atoms with E-state index < -0.39 is 25.8 Å². The maximum absolute atomic E-state index is 13.3. The molecule has 0 aliphatic rings. The van der Waals surface area contributed by atoms with Crippen LogP contribution >= 0.6 is 19.4 Å². The molecule has 0 spiro atoms. The molecule has 0 radical (unpaired) electrons. The zero-order valence-electron chi connectivity index (χ0n) is 45.3. The average molecular weight is 1050 g/mol. The highest BCUT2D eigenvalue weighted by Crippen LogP contribution is 2.43. The lowest BCUT2D eigenvalue weighted by molar-refractivity contribution is -0.150. The molecule has 72 heavy (non-hydrogen) atoms.